The lowest BCUT2D eigenvalue weighted by atomic mass is 10.0. The zero-order valence-corrected chi connectivity index (χ0v) is 8.28. The quantitative estimate of drug-likeness (QED) is 0.570. The maximum atomic E-state index is 11.4. The summed E-state index contributed by atoms with van der Waals surface area (Å²) in [5.74, 6) is 0.356. The number of hydrogen-bond donors (Lipinski definition) is 3. The Labute approximate surface area is 83.9 Å². The van der Waals surface area contributed by atoms with Gasteiger partial charge < -0.3 is 16.2 Å². The topological polar surface area (TPSA) is 75.3 Å². The van der Waals surface area contributed by atoms with Crippen LogP contribution in [0.25, 0.3) is 0 Å². The third-order valence-corrected chi connectivity index (χ3v) is 2.90. The van der Waals surface area contributed by atoms with Crippen LogP contribution in [-0.2, 0) is 4.79 Å². The molecule has 2 unspecified atom stereocenters. The average molecular weight is 198 g/mol. The number of nitrogens with one attached hydrogen (secondary N) is 1. The van der Waals surface area contributed by atoms with Crippen LogP contribution in [0.1, 0.15) is 32.1 Å². The molecule has 14 heavy (non-hydrogen) atoms. The first-order chi connectivity index (χ1) is 6.66. The molecule has 0 saturated heterocycles. The van der Waals surface area contributed by atoms with Gasteiger partial charge in [0, 0.05) is 12.1 Å². The van der Waals surface area contributed by atoms with Crippen LogP contribution in [0.2, 0.25) is 0 Å². The Morgan fingerprint density at radius 3 is 2.57 bits per heavy atom. The summed E-state index contributed by atoms with van der Waals surface area (Å²) in [7, 11) is 0. The van der Waals surface area contributed by atoms with Crippen molar-refractivity contribution in [3.63, 3.8) is 0 Å². The average Bonchev–Trinajstić information content (AvgIpc) is 2.97. The number of carbonyl (C=O) groups is 1. The van der Waals surface area contributed by atoms with Crippen LogP contribution in [0.5, 0.6) is 0 Å². The van der Waals surface area contributed by atoms with E-state index in [2.05, 4.69) is 5.32 Å². The minimum Gasteiger partial charge on any atom is -0.382 e. The van der Waals surface area contributed by atoms with E-state index >= 15 is 0 Å². The summed E-state index contributed by atoms with van der Waals surface area (Å²) in [5.41, 5.74) is 5.74. The van der Waals surface area contributed by atoms with Crippen LogP contribution in [-0.4, -0.2) is 29.2 Å². The molecule has 0 bridgehead atoms. The molecule has 4 N–H and O–H groups in total. The van der Waals surface area contributed by atoms with Gasteiger partial charge in [0.2, 0.25) is 0 Å². The van der Waals surface area contributed by atoms with Gasteiger partial charge in [-0.15, -0.1) is 0 Å². The fourth-order valence-electron chi connectivity index (χ4n) is 1.58. The van der Waals surface area contributed by atoms with Gasteiger partial charge in [-0.1, -0.05) is 12.8 Å². The Morgan fingerprint density at radius 2 is 2.07 bits per heavy atom. The van der Waals surface area contributed by atoms with Gasteiger partial charge in [-0.3, -0.25) is 4.79 Å². The van der Waals surface area contributed by atoms with Crippen molar-refractivity contribution in [2.24, 2.45) is 11.7 Å². The molecule has 2 rings (SSSR count). The van der Waals surface area contributed by atoms with Crippen LogP contribution in [0.15, 0.2) is 0 Å². The van der Waals surface area contributed by atoms with Gasteiger partial charge in [-0.25, -0.2) is 0 Å². The van der Waals surface area contributed by atoms with E-state index in [9.17, 15) is 9.90 Å². The lowest BCUT2D eigenvalue weighted by molar-refractivity contribution is -0.130. The number of amides is 1. The molecule has 0 spiro atoms. The third kappa shape index (κ3) is 2.69. The maximum absolute atomic E-state index is 11.4. The number of aliphatic hydroxyl groups is 1. The largest absolute Gasteiger partial charge is 0.382 e. The summed E-state index contributed by atoms with van der Waals surface area (Å²) in [5, 5.41) is 12.4. The van der Waals surface area contributed by atoms with Crippen LogP contribution in [0, 0.1) is 5.92 Å². The van der Waals surface area contributed by atoms with E-state index in [1.54, 1.807) is 0 Å². The highest BCUT2D eigenvalue weighted by atomic mass is 16.3. The van der Waals surface area contributed by atoms with E-state index in [0.29, 0.717) is 12.0 Å². The van der Waals surface area contributed by atoms with Crippen molar-refractivity contribution in [2.75, 3.05) is 0 Å². The molecule has 0 aromatic rings. The molecule has 4 nitrogen and oxygen atoms in total. The smallest absolute Gasteiger partial charge is 0.250 e. The van der Waals surface area contributed by atoms with Gasteiger partial charge in [-0.05, 0) is 25.2 Å². The second-order valence-electron chi connectivity index (χ2n) is 4.57. The highest BCUT2D eigenvalue weighted by molar-refractivity contribution is 5.81. The molecule has 2 saturated carbocycles. The summed E-state index contributed by atoms with van der Waals surface area (Å²) < 4.78 is 0. The minimum atomic E-state index is -1.02. The van der Waals surface area contributed by atoms with E-state index in [-0.39, 0.29) is 11.9 Å². The maximum Gasteiger partial charge on any atom is 0.250 e. The third-order valence-electron chi connectivity index (χ3n) is 2.90. The zero-order valence-electron chi connectivity index (χ0n) is 8.28. The summed E-state index contributed by atoms with van der Waals surface area (Å²) in [4.78, 5) is 11.4. The molecule has 4 heteroatoms. The van der Waals surface area contributed by atoms with Crippen LogP contribution in [0.3, 0.4) is 0 Å². The first-order valence-electron chi connectivity index (χ1n) is 5.41. The number of rotatable bonds is 5. The van der Waals surface area contributed by atoms with Gasteiger partial charge in [-0.2, -0.15) is 0 Å². The predicted octanol–water partition coefficient (Wildman–Crippen LogP) is -0.247. The second-order valence-corrected chi connectivity index (χ2v) is 4.57. The molecule has 0 radical (unpaired) electrons. The zero-order chi connectivity index (χ0) is 10.1. The molecule has 0 heterocycles. The SMILES string of the molecule is NC(CC1CC1)C(O)C(=O)NC1CC1. The van der Waals surface area contributed by atoms with Gasteiger partial charge in [0.1, 0.15) is 6.10 Å². The standard InChI is InChI=1S/C10H18N2O2/c11-8(5-6-1-2-6)9(13)10(14)12-7-3-4-7/h6-9,13H,1-5,11H2,(H,12,14). The molecule has 0 aromatic heterocycles. The van der Waals surface area contributed by atoms with Crippen molar-refractivity contribution in [2.45, 2.75) is 50.3 Å². The van der Waals surface area contributed by atoms with Gasteiger partial charge in [0.15, 0.2) is 0 Å². The van der Waals surface area contributed by atoms with Crippen LogP contribution < -0.4 is 11.1 Å². The van der Waals surface area contributed by atoms with Gasteiger partial charge in [0.05, 0.1) is 0 Å². The van der Waals surface area contributed by atoms with Crippen molar-refractivity contribution in [3.05, 3.63) is 0 Å². The lowest BCUT2D eigenvalue weighted by Gasteiger charge is -2.17. The van der Waals surface area contributed by atoms with E-state index in [0.717, 1.165) is 19.3 Å². The molecule has 2 fully saturated rings. The van der Waals surface area contributed by atoms with E-state index in [4.69, 9.17) is 5.73 Å². The second kappa shape index (κ2) is 3.87. The first kappa shape index (κ1) is 9.93. The molecular formula is C10H18N2O2. The van der Waals surface area contributed by atoms with Crippen molar-refractivity contribution in [1.82, 2.24) is 5.32 Å². The Morgan fingerprint density at radius 1 is 1.43 bits per heavy atom. The Balaban J connectivity index is 1.72. The molecule has 80 valence electrons. The fourth-order valence-corrected chi connectivity index (χ4v) is 1.58. The van der Waals surface area contributed by atoms with Gasteiger partial charge >= 0.3 is 0 Å². The lowest BCUT2D eigenvalue weighted by Crippen LogP contribution is -2.47. The highest BCUT2D eigenvalue weighted by Crippen LogP contribution is 2.33. The first-order valence-corrected chi connectivity index (χ1v) is 5.41. The molecular weight excluding hydrogens is 180 g/mol. The van der Waals surface area contributed by atoms with Crippen LogP contribution >= 0.6 is 0 Å². The summed E-state index contributed by atoms with van der Waals surface area (Å²) in [6, 6.07) is -0.0912. The van der Waals surface area contributed by atoms with Crippen molar-refractivity contribution < 1.29 is 9.90 Å². The fraction of sp³-hybridized carbons (Fsp3) is 0.900. The monoisotopic (exact) mass is 198 g/mol. The molecule has 0 aromatic carbocycles. The van der Waals surface area contributed by atoms with Crippen LogP contribution in [0.4, 0.5) is 0 Å². The number of aliphatic hydroxyl groups excluding tert-OH is 1. The predicted molar refractivity (Wildman–Crippen MR) is 52.5 cm³/mol. The molecule has 2 aliphatic carbocycles. The highest BCUT2D eigenvalue weighted by Gasteiger charge is 2.32. The Bertz CT molecular complexity index is 224. The number of hydrogen-bond acceptors (Lipinski definition) is 3. The molecule has 2 atom stereocenters. The van der Waals surface area contributed by atoms with E-state index in [1.807, 2.05) is 0 Å². The summed E-state index contributed by atoms with van der Waals surface area (Å²) in [6.45, 7) is 0. The summed E-state index contributed by atoms with van der Waals surface area (Å²) in [6.07, 6.45) is 4.23. The number of carbonyl (C=O) groups excluding carboxylic acids is 1. The van der Waals surface area contributed by atoms with Crippen molar-refractivity contribution in [3.8, 4) is 0 Å². The van der Waals surface area contributed by atoms with E-state index in [1.165, 1.54) is 12.8 Å². The Kier molecular flexibility index (Phi) is 2.74. The molecule has 2 aliphatic rings. The molecule has 1 amide bonds. The van der Waals surface area contributed by atoms with Crippen molar-refractivity contribution in [1.29, 1.82) is 0 Å². The Hall–Kier alpha value is -0.610. The van der Waals surface area contributed by atoms with Crippen molar-refractivity contribution >= 4 is 5.91 Å². The summed E-state index contributed by atoms with van der Waals surface area (Å²) >= 11 is 0. The number of nitrogens with two attached hydrogens (primary N) is 1. The van der Waals surface area contributed by atoms with E-state index < -0.39 is 6.10 Å². The minimum absolute atomic E-state index is 0.291. The normalized spacial score (nSPS) is 25.6. The van der Waals surface area contributed by atoms with Gasteiger partial charge in [0.25, 0.3) is 5.91 Å². The molecule has 0 aliphatic heterocycles.